The van der Waals surface area contributed by atoms with Gasteiger partial charge in [0.05, 0.1) is 28.5 Å². The number of nitrogens with zero attached hydrogens (tertiary/aromatic N) is 5. The Morgan fingerprint density at radius 3 is 2.26 bits per heavy atom. The summed E-state index contributed by atoms with van der Waals surface area (Å²) in [5.41, 5.74) is 8.89. The highest BCUT2D eigenvalue weighted by atomic mass is 35.5. The highest BCUT2D eigenvalue weighted by molar-refractivity contribution is 7.80. The molecule has 0 aliphatic carbocycles. The van der Waals surface area contributed by atoms with Crippen molar-refractivity contribution in [3.63, 3.8) is 0 Å². The fraction of sp³-hybridized carbons (Fsp3) is 0.371. The molecule has 0 unspecified atom stereocenters. The van der Waals surface area contributed by atoms with Crippen molar-refractivity contribution in [1.82, 2.24) is 14.9 Å². The molecular formula is C35H41ClN6S. The summed E-state index contributed by atoms with van der Waals surface area (Å²) < 4.78 is 2.33. The standard InChI is InChI=1S/C35H41ClN6S/c1-22-17-23(2)21-40(20-22)32-15-14-28(19-30(32)36)42-34(33(38-35(42)43)31-9-7-8-16-37-31)29-18-24(3)41(25(29)4)27-12-10-26(11-13-27)39(5)6/h7-16,18-19,22-23,33-34H,17,20-21H2,1-6H3,(H,38,43)/t22-,23-,33+,34-/m1/s1. The van der Waals surface area contributed by atoms with Gasteiger partial charge in [-0.25, -0.2) is 0 Å². The molecule has 1 N–H and O–H groups in total. The van der Waals surface area contributed by atoms with E-state index < -0.39 is 0 Å². The van der Waals surface area contributed by atoms with Crippen LogP contribution in [-0.2, 0) is 0 Å². The normalized spacial score (nSPS) is 22.2. The number of hydrogen-bond donors (Lipinski definition) is 1. The zero-order valence-electron chi connectivity index (χ0n) is 25.9. The minimum absolute atomic E-state index is 0.111. The minimum atomic E-state index is -0.124. The third-order valence-electron chi connectivity index (χ3n) is 8.93. The van der Waals surface area contributed by atoms with Gasteiger partial charge in [-0.3, -0.25) is 4.98 Å². The minimum Gasteiger partial charge on any atom is -0.378 e. The molecule has 2 fully saturated rings. The van der Waals surface area contributed by atoms with Gasteiger partial charge in [0.2, 0.25) is 0 Å². The zero-order chi connectivity index (χ0) is 30.4. The Bertz CT molecular complexity index is 1610. The summed E-state index contributed by atoms with van der Waals surface area (Å²) in [6, 6.07) is 23.3. The Morgan fingerprint density at radius 2 is 1.63 bits per heavy atom. The molecule has 6 nitrogen and oxygen atoms in total. The number of anilines is 3. The summed E-state index contributed by atoms with van der Waals surface area (Å²) >= 11 is 13.1. The average molecular weight is 613 g/mol. The largest absolute Gasteiger partial charge is 0.378 e. The van der Waals surface area contributed by atoms with E-state index in [1.54, 1.807) is 0 Å². The van der Waals surface area contributed by atoms with Crippen molar-refractivity contribution >= 4 is 46.0 Å². The first-order valence-corrected chi connectivity index (χ1v) is 15.9. The maximum absolute atomic E-state index is 7.06. The first kappa shape index (κ1) is 29.5. The van der Waals surface area contributed by atoms with Crippen LogP contribution in [-0.4, -0.2) is 41.8 Å². The lowest BCUT2D eigenvalue weighted by molar-refractivity contribution is 0.357. The number of rotatable bonds is 6. The molecule has 0 spiro atoms. The summed E-state index contributed by atoms with van der Waals surface area (Å²) in [6.45, 7) is 11.1. The number of aromatic nitrogens is 2. The van der Waals surface area contributed by atoms with E-state index in [4.69, 9.17) is 28.8 Å². The lowest BCUT2D eigenvalue weighted by Gasteiger charge is -2.37. The molecule has 224 valence electrons. The van der Waals surface area contributed by atoms with Crippen molar-refractivity contribution in [2.24, 2.45) is 11.8 Å². The molecule has 2 saturated heterocycles. The van der Waals surface area contributed by atoms with Crippen molar-refractivity contribution in [3.05, 3.63) is 101 Å². The van der Waals surface area contributed by atoms with Crippen LogP contribution in [0.4, 0.5) is 17.1 Å². The molecule has 2 aromatic heterocycles. The topological polar surface area (TPSA) is 39.6 Å². The second kappa shape index (κ2) is 11.9. The predicted molar refractivity (Wildman–Crippen MR) is 184 cm³/mol. The second-order valence-corrected chi connectivity index (χ2v) is 13.3. The molecule has 0 saturated carbocycles. The summed E-state index contributed by atoms with van der Waals surface area (Å²) in [5, 5.41) is 5.05. The van der Waals surface area contributed by atoms with Gasteiger partial charge in [0.15, 0.2) is 5.11 Å². The van der Waals surface area contributed by atoms with Crippen molar-refractivity contribution in [1.29, 1.82) is 0 Å². The Labute approximate surface area is 266 Å². The summed E-state index contributed by atoms with van der Waals surface area (Å²) in [4.78, 5) is 11.5. The quantitative estimate of drug-likeness (QED) is 0.223. The molecule has 0 bridgehead atoms. The zero-order valence-corrected chi connectivity index (χ0v) is 27.5. The van der Waals surface area contributed by atoms with Crippen LogP contribution < -0.4 is 20.0 Å². The van der Waals surface area contributed by atoms with Crippen molar-refractivity contribution in [3.8, 4) is 5.69 Å². The lowest BCUT2D eigenvalue weighted by Crippen LogP contribution is -2.38. The molecule has 0 radical (unpaired) electrons. The maximum Gasteiger partial charge on any atom is 0.174 e. The number of hydrogen-bond acceptors (Lipinski definition) is 4. The fourth-order valence-corrected chi connectivity index (χ4v) is 7.74. The van der Waals surface area contributed by atoms with Crippen LogP contribution in [0.15, 0.2) is 72.9 Å². The van der Waals surface area contributed by atoms with E-state index in [9.17, 15) is 0 Å². The van der Waals surface area contributed by atoms with Gasteiger partial charge >= 0.3 is 0 Å². The number of thiocarbonyl (C=S) groups is 1. The molecule has 6 rings (SSSR count). The van der Waals surface area contributed by atoms with E-state index >= 15 is 0 Å². The Hall–Kier alpha value is -3.55. The predicted octanol–water partition coefficient (Wildman–Crippen LogP) is 7.87. The van der Waals surface area contributed by atoms with Crippen LogP contribution in [0.1, 0.15) is 55.0 Å². The van der Waals surface area contributed by atoms with Gasteiger partial charge < -0.3 is 24.6 Å². The van der Waals surface area contributed by atoms with Crippen LogP contribution in [0.25, 0.3) is 5.69 Å². The highest BCUT2D eigenvalue weighted by Crippen LogP contribution is 2.45. The van der Waals surface area contributed by atoms with Gasteiger partial charge in [-0.15, -0.1) is 0 Å². The van der Waals surface area contributed by atoms with E-state index in [2.05, 4.69) is 121 Å². The average Bonchev–Trinajstić information content (AvgIpc) is 3.47. The Morgan fingerprint density at radius 1 is 0.930 bits per heavy atom. The Kier molecular flexibility index (Phi) is 8.14. The number of piperidine rings is 1. The number of aryl methyl sites for hydroxylation is 1. The second-order valence-electron chi connectivity index (χ2n) is 12.6. The van der Waals surface area contributed by atoms with E-state index in [-0.39, 0.29) is 12.1 Å². The third-order valence-corrected chi connectivity index (χ3v) is 9.55. The number of halogens is 1. The van der Waals surface area contributed by atoms with E-state index in [1.807, 2.05) is 18.3 Å². The van der Waals surface area contributed by atoms with Crippen LogP contribution in [0.5, 0.6) is 0 Å². The van der Waals surface area contributed by atoms with Crippen LogP contribution >= 0.6 is 23.8 Å². The molecule has 4 heterocycles. The van der Waals surface area contributed by atoms with Crippen molar-refractivity contribution in [2.45, 2.75) is 46.2 Å². The van der Waals surface area contributed by atoms with E-state index in [1.165, 1.54) is 29.1 Å². The highest BCUT2D eigenvalue weighted by Gasteiger charge is 2.42. The monoisotopic (exact) mass is 612 g/mol. The van der Waals surface area contributed by atoms with E-state index in [0.29, 0.717) is 16.9 Å². The number of benzene rings is 2. The van der Waals surface area contributed by atoms with E-state index in [0.717, 1.165) is 40.9 Å². The Balaban J connectivity index is 1.42. The molecule has 2 aromatic carbocycles. The molecule has 0 amide bonds. The fourth-order valence-electron chi connectivity index (χ4n) is 7.09. The third kappa shape index (κ3) is 5.61. The molecule has 4 aromatic rings. The van der Waals surface area contributed by atoms with Crippen molar-refractivity contribution < 1.29 is 0 Å². The maximum atomic E-state index is 7.06. The number of pyridine rings is 1. The summed E-state index contributed by atoms with van der Waals surface area (Å²) in [5.74, 6) is 1.29. The van der Waals surface area contributed by atoms with Crippen LogP contribution in [0, 0.1) is 25.7 Å². The van der Waals surface area contributed by atoms with Crippen molar-refractivity contribution in [2.75, 3.05) is 41.9 Å². The van der Waals surface area contributed by atoms with Crippen LogP contribution in [0.2, 0.25) is 5.02 Å². The van der Waals surface area contributed by atoms with Gasteiger partial charge in [-0.1, -0.05) is 31.5 Å². The molecular weight excluding hydrogens is 572 g/mol. The smallest absolute Gasteiger partial charge is 0.174 e. The first-order valence-electron chi connectivity index (χ1n) is 15.1. The van der Waals surface area contributed by atoms with Gasteiger partial charge in [-0.05, 0) is 111 Å². The summed E-state index contributed by atoms with van der Waals surface area (Å²) in [7, 11) is 4.13. The first-order chi connectivity index (χ1) is 20.6. The van der Waals surface area contributed by atoms with Gasteiger partial charge in [0.1, 0.15) is 0 Å². The molecule has 8 heteroatoms. The van der Waals surface area contributed by atoms with Crippen LogP contribution in [0.3, 0.4) is 0 Å². The summed E-state index contributed by atoms with van der Waals surface area (Å²) in [6.07, 6.45) is 3.11. The van der Waals surface area contributed by atoms with Gasteiger partial charge in [0, 0.05) is 61.8 Å². The molecule has 4 atom stereocenters. The lowest BCUT2D eigenvalue weighted by atomic mass is 9.91. The molecule has 2 aliphatic heterocycles. The number of nitrogens with one attached hydrogen (secondary N) is 1. The SMILES string of the molecule is Cc1cc([C@@H]2[C@H](c3ccccn3)NC(=S)N2c2ccc(N3C[C@H](C)C[C@@H](C)C3)c(Cl)c2)c(C)n1-c1ccc(N(C)C)cc1. The van der Waals surface area contributed by atoms with Gasteiger partial charge in [-0.2, -0.15) is 0 Å². The molecule has 43 heavy (non-hydrogen) atoms. The molecule has 2 aliphatic rings. The van der Waals surface area contributed by atoms with Gasteiger partial charge in [0.25, 0.3) is 0 Å².